The second-order valence-corrected chi connectivity index (χ2v) is 8.90. The number of nitrogens with zero attached hydrogens (tertiary/aromatic N) is 4. The molecule has 3 aromatic rings. The lowest BCUT2D eigenvalue weighted by Crippen LogP contribution is -2.50. The number of amides is 1. The molecule has 33 heavy (non-hydrogen) atoms. The minimum atomic E-state index is -0.696. The van der Waals surface area contributed by atoms with E-state index in [4.69, 9.17) is 5.73 Å². The van der Waals surface area contributed by atoms with E-state index in [1.165, 1.54) is 23.0 Å². The third-order valence-corrected chi connectivity index (χ3v) is 6.66. The van der Waals surface area contributed by atoms with Crippen LogP contribution >= 0.6 is 11.3 Å². The van der Waals surface area contributed by atoms with E-state index in [0.29, 0.717) is 31.1 Å². The van der Waals surface area contributed by atoms with E-state index in [9.17, 15) is 19.2 Å². The van der Waals surface area contributed by atoms with Gasteiger partial charge in [0.2, 0.25) is 0 Å². The molecule has 4 rings (SSSR count). The second kappa shape index (κ2) is 9.55. The first-order chi connectivity index (χ1) is 15.9. The molecule has 0 saturated carbocycles. The molecule has 0 aliphatic carbocycles. The molecule has 3 heterocycles. The lowest BCUT2D eigenvalue weighted by atomic mass is 10.1. The summed E-state index contributed by atoms with van der Waals surface area (Å²) in [7, 11) is 1.34. The average molecular weight is 468 g/mol. The van der Waals surface area contributed by atoms with Crippen LogP contribution in [-0.4, -0.2) is 63.3 Å². The number of thiophene rings is 1. The third-order valence-electron chi connectivity index (χ3n) is 5.80. The molecular weight excluding hydrogens is 442 g/mol. The summed E-state index contributed by atoms with van der Waals surface area (Å²) in [5.74, 6) is -0.571. The number of anilines is 1. The van der Waals surface area contributed by atoms with Gasteiger partial charge in [-0.1, -0.05) is 36.4 Å². The van der Waals surface area contributed by atoms with Crippen LogP contribution in [0.5, 0.6) is 0 Å². The number of rotatable bonds is 6. The zero-order valence-corrected chi connectivity index (χ0v) is 19.1. The summed E-state index contributed by atoms with van der Waals surface area (Å²) in [4.78, 5) is 55.4. The number of carbonyl (C=O) groups is 2. The largest absolute Gasteiger partial charge is 0.384 e. The fourth-order valence-corrected chi connectivity index (χ4v) is 4.60. The zero-order chi connectivity index (χ0) is 23.5. The molecule has 1 fully saturated rings. The fourth-order valence-electron chi connectivity index (χ4n) is 3.91. The van der Waals surface area contributed by atoms with Gasteiger partial charge in [-0.2, -0.15) is 0 Å². The molecule has 2 N–H and O–H groups in total. The first-order valence-corrected chi connectivity index (χ1v) is 11.5. The number of nitrogens with two attached hydrogens (primary N) is 1. The maximum Gasteiger partial charge on any atom is 0.332 e. The number of carbonyl (C=O) groups excluding carboxylic acids is 2. The lowest BCUT2D eigenvalue weighted by molar-refractivity contribution is 0.0628. The van der Waals surface area contributed by atoms with Crippen LogP contribution in [0.1, 0.15) is 25.6 Å². The van der Waals surface area contributed by atoms with Gasteiger partial charge in [0, 0.05) is 33.2 Å². The molecule has 0 spiro atoms. The highest BCUT2D eigenvalue weighted by Crippen LogP contribution is 2.15. The molecule has 0 bridgehead atoms. The molecule has 10 heteroatoms. The smallest absolute Gasteiger partial charge is 0.332 e. The monoisotopic (exact) mass is 467 g/mol. The van der Waals surface area contributed by atoms with Gasteiger partial charge in [0.05, 0.1) is 18.0 Å². The second-order valence-electron chi connectivity index (χ2n) is 7.95. The van der Waals surface area contributed by atoms with Crippen LogP contribution in [0, 0.1) is 0 Å². The Balaban J connectivity index is 1.50. The summed E-state index contributed by atoms with van der Waals surface area (Å²) >= 11 is 1.40. The molecule has 1 aliphatic rings. The van der Waals surface area contributed by atoms with Crippen molar-refractivity contribution >= 4 is 28.8 Å². The van der Waals surface area contributed by atoms with Crippen LogP contribution in [0.15, 0.2) is 57.4 Å². The van der Waals surface area contributed by atoms with Crippen LogP contribution in [0.25, 0.3) is 0 Å². The van der Waals surface area contributed by atoms with Gasteiger partial charge in [0.1, 0.15) is 11.4 Å². The normalized spacial score (nSPS) is 14.4. The summed E-state index contributed by atoms with van der Waals surface area (Å²) in [5.41, 5.74) is 5.57. The molecule has 0 radical (unpaired) electrons. The first kappa shape index (κ1) is 22.7. The summed E-state index contributed by atoms with van der Waals surface area (Å²) in [5, 5.41) is 1.87. The average Bonchev–Trinajstić information content (AvgIpc) is 3.36. The van der Waals surface area contributed by atoms with Crippen molar-refractivity contribution in [2.75, 3.05) is 38.5 Å². The van der Waals surface area contributed by atoms with Crippen molar-refractivity contribution in [3.05, 3.63) is 84.7 Å². The van der Waals surface area contributed by atoms with Crippen molar-refractivity contribution in [1.29, 1.82) is 0 Å². The Morgan fingerprint density at radius 2 is 1.70 bits per heavy atom. The fraction of sp³-hybridized carbons (Fsp3) is 0.304. The van der Waals surface area contributed by atoms with Gasteiger partial charge >= 0.3 is 5.69 Å². The van der Waals surface area contributed by atoms with Crippen molar-refractivity contribution in [2.45, 2.75) is 6.54 Å². The Hall–Kier alpha value is -3.50. The Labute approximate surface area is 194 Å². The Morgan fingerprint density at radius 3 is 2.33 bits per heavy atom. The van der Waals surface area contributed by atoms with Crippen molar-refractivity contribution in [2.24, 2.45) is 7.05 Å². The first-order valence-electron chi connectivity index (χ1n) is 10.6. The van der Waals surface area contributed by atoms with E-state index in [0.717, 1.165) is 10.1 Å². The van der Waals surface area contributed by atoms with E-state index >= 15 is 0 Å². The maximum atomic E-state index is 13.1. The van der Waals surface area contributed by atoms with Crippen LogP contribution < -0.4 is 17.0 Å². The predicted octanol–water partition coefficient (Wildman–Crippen LogP) is 0.880. The van der Waals surface area contributed by atoms with E-state index < -0.39 is 17.0 Å². The predicted molar refractivity (Wildman–Crippen MR) is 127 cm³/mol. The number of hydrogen-bond donors (Lipinski definition) is 1. The minimum Gasteiger partial charge on any atom is -0.384 e. The molecule has 1 saturated heterocycles. The molecule has 9 nitrogen and oxygen atoms in total. The molecule has 0 unspecified atom stereocenters. The van der Waals surface area contributed by atoms with Gasteiger partial charge in [-0.25, -0.2) is 4.79 Å². The molecular formula is C23H25N5O4S. The maximum absolute atomic E-state index is 13.1. The van der Waals surface area contributed by atoms with Gasteiger partial charge in [0.15, 0.2) is 5.78 Å². The topological polar surface area (TPSA) is 111 Å². The Kier molecular flexibility index (Phi) is 6.57. The van der Waals surface area contributed by atoms with Crippen molar-refractivity contribution in [1.82, 2.24) is 18.9 Å². The van der Waals surface area contributed by atoms with Gasteiger partial charge in [-0.3, -0.25) is 28.4 Å². The lowest BCUT2D eigenvalue weighted by Gasteiger charge is -2.34. The number of hydrogen-bond acceptors (Lipinski definition) is 7. The van der Waals surface area contributed by atoms with Crippen LogP contribution in [0.4, 0.5) is 5.82 Å². The number of aromatic nitrogens is 2. The minimum absolute atomic E-state index is 0.00991. The van der Waals surface area contributed by atoms with Gasteiger partial charge in [-0.15, -0.1) is 11.3 Å². The SMILES string of the molecule is Cn1c(=O)c(C(=O)CN2CCN(C(=O)c3cccs3)CC2)c(N)n(Cc2ccccc2)c1=O. The molecule has 2 aromatic heterocycles. The summed E-state index contributed by atoms with van der Waals surface area (Å²) in [6, 6.07) is 12.9. The van der Waals surface area contributed by atoms with Crippen molar-refractivity contribution in [3.63, 3.8) is 0 Å². The van der Waals surface area contributed by atoms with Crippen molar-refractivity contribution < 1.29 is 9.59 Å². The Morgan fingerprint density at radius 1 is 1.00 bits per heavy atom. The van der Waals surface area contributed by atoms with Gasteiger partial charge < -0.3 is 10.6 Å². The number of benzene rings is 1. The van der Waals surface area contributed by atoms with E-state index in [-0.39, 0.29) is 30.4 Å². The molecule has 1 aromatic carbocycles. The van der Waals surface area contributed by atoms with Crippen molar-refractivity contribution in [3.8, 4) is 0 Å². The highest BCUT2D eigenvalue weighted by atomic mass is 32.1. The Bertz CT molecular complexity index is 1270. The van der Waals surface area contributed by atoms with E-state index in [2.05, 4.69) is 0 Å². The number of Topliss-reactive ketones (excluding diaryl/α,β-unsaturated/α-hetero) is 1. The highest BCUT2D eigenvalue weighted by molar-refractivity contribution is 7.12. The molecule has 172 valence electrons. The van der Waals surface area contributed by atoms with Gasteiger partial charge in [0.25, 0.3) is 11.5 Å². The highest BCUT2D eigenvalue weighted by Gasteiger charge is 2.27. The summed E-state index contributed by atoms with van der Waals surface area (Å²) in [6.07, 6.45) is 0. The summed E-state index contributed by atoms with van der Waals surface area (Å²) in [6.45, 7) is 2.14. The summed E-state index contributed by atoms with van der Waals surface area (Å²) < 4.78 is 2.17. The third kappa shape index (κ3) is 4.67. The van der Waals surface area contributed by atoms with E-state index in [1.54, 1.807) is 11.0 Å². The number of nitrogen functional groups attached to an aromatic ring is 1. The zero-order valence-electron chi connectivity index (χ0n) is 18.3. The van der Waals surface area contributed by atoms with Crippen LogP contribution in [0.3, 0.4) is 0 Å². The van der Waals surface area contributed by atoms with Crippen LogP contribution in [0.2, 0.25) is 0 Å². The quantitative estimate of drug-likeness (QED) is 0.539. The number of piperazine rings is 1. The molecule has 1 amide bonds. The van der Waals surface area contributed by atoms with Crippen LogP contribution in [-0.2, 0) is 13.6 Å². The molecule has 0 atom stereocenters. The molecule has 1 aliphatic heterocycles. The standard InChI is InChI=1S/C23H25N5O4S/c1-25-22(31)19(20(24)28(23(25)32)14-16-6-3-2-4-7-16)17(29)15-26-9-11-27(12-10-26)21(30)18-8-5-13-33-18/h2-8,13H,9-12,14-15,24H2,1H3. The van der Waals surface area contributed by atoms with E-state index in [1.807, 2.05) is 46.7 Å². The van der Waals surface area contributed by atoms with Gasteiger partial charge in [-0.05, 0) is 17.0 Å². The number of ketones is 1.